The molecule has 1 aliphatic rings. The Hall–Kier alpha value is -2.94. The number of fused-ring (bicyclic) bond motifs is 1. The molecule has 0 spiro atoms. The zero-order valence-corrected chi connectivity index (χ0v) is 17.9. The Balaban J connectivity index is 1.70. The highest BCUT2D eigenvalue weighted by Gasteiger charge is 2.38. The summed E-state index contributed by atoms with van der Waals surface area (Å²) >= 11 is 0. The quantitative estimate of drug-likeness (QED) is 0.359. The molecule has 2 nitrogen and oxygen atoms in total. The highest BCUT2D eigenvalue weighted by atomic mass is 19.4. The molecule has 0 radical (unpaired) electrons. The lowest BCUT2D eigenvalue weighted by molar-refractivity contribution is -0.143. The maximum absolute atomic E-state index is 13.5. The van der Waals surface area contributed by atoms with Gasteiger partial charge in [0, 0.05) is 17.8 Å². The van der Waals surface area contributed by atoms with Crippen LogP contribution in [0.4, 0.5) is 30.7 Å². The molecular formula is C25H20F7NO. The van der Waals surface area contributed by atoms with Crippen LogP contribution < -0.4 is 0 Å². The molecule has 1 heterocycles. The predicted molar refractivity (Wildman–Crippen MR) is 111 cm³/mol. The molecule has 2 unspecified atom stereocenters. The molecule has 2 aromatic carbocycles. The van der Waals surface area contributed by atoms with E-state index in [-0.39, 0.29) is 11.6 Å². The topological polar surface area (TPSA) is 22.1 Å². The van der Waals surface area contributed by atoms with Crippen molar-refractivity contribution in [2.45, 2.75) is 50.2 Å². The van der Waals surface area contributed by atoms with Gasteiger partial charge in [0.2, 0.25) is 0 Å². The van der Waals surface area contributed by atoms with Crippen molar-refractivity contribution in [3.05, 3.63) is 100 Å². The number of aromatic nitrogens is 1. The molecule has 34 heavy (non-hydrogen) atoms. The number of rotatable bonds is 4. The Morgan fingerprint density at radius 3 is 2.12 bits per heavy atom. The summed E-state index contributed by atoms with van der Waals surface area (Å²) in [7, 11) is 0. The Morgan fingerprint density at radius 2 is 1.53 bits per heavy atom. The normalized spacial score (nSPS) is 19.5. The first-order valence-corrected chi connectivity index (χ1v) is 10.6. The lowest BCUT2D eigenvalue weighted by Gasteiger charge is -2.35. The molecule has 1 aromatic heterocycles. The molecule has 180 valence electrons. The van der Waals surface area contributed by atoms with Crippen LogP contribution in [0.2, 0.25) is 0 Å². The Bertz CT molecular complexity index is 1120. The lowest BCUT2D eigenvalue weighted by atomic mass is 9.78. The van der Waals surface area contributed by atoms with E-state index in [9.17, 15) is 30.7 Å². The van der Waals surface area contributed by atoms with Gasteiger partial charge < -0.3 is 4.74 Å². The summed E-state index contributed by atoms with van der Waals surface area (Å²) in [6.45, 7) is 1.43. The van der Waals surface area contributed by atoms with Crippen LogP contribution in [0.3, 0.4) is 0 Å². The minimum atomic E-state index is -4.94. The average molecular weight is 483 g/mol. The monoisotopic (exact) mass is 483 g/mol. The third-order valence-electron chi connectivity index (χ3n) is 5.99. The van der Waals surface area contributed by atoms with Crippen LogP contribution in [0.5, 0.6) is 0 Å². The highest BCUT2D eigenvalue weighted by Crippen LogP contribution is 2.42. The second-order valence-corrected chi connectivity index (χ2v) is 8.26. The SMILES string of the molecule is C[C@@H](OC1CCc2ncccc2C1c1ccc(F)cc1)c1cc(C(F)(F)F)cc(C(F)(F)F)c1. The molecule has 0 fully saturated rings. The molecule has 3 aromatic rings. The van der Waals surface area contributed by atoms with Gasteiger partial charge in [-0.3, -0.25) is 4.98 Å². The summed E-state index contributed by atoms with van der Waals surface area (Å²) < 4.78 is 99.4. The minimum Gasteiger partial charge on any atom is -0.370 e. The van der Waals surface area contributed by atoms with E-state index < -0.39 is 47.4 Å². The van der Waals surface area contributed by atoms with Crippen LogP contribution in [0, 0.1) is 5.82 Å². The summed E-state index contributed by atoms with van der Waals surface area (Å²) in [5.41, 5.74) is -0.632. The van der Waals surface area contributed by atoms with E-state index >= 15 is 0 Å². The number of halogens is 7. The Labute approximate surface area is 191 Å². The van der Waals surface area contributed by atoms with Crippen molar-refractivity contribution in [2.75, 3.05) is 0 Å². The molecule has 0 N–H and O–H groups in total. The lowest BCUT2D eigenvalue weighted by Crippen LogP contribution is -2.30. The van der Waals surface area contributed by atoms with Crippen molar-refractivity contribution in [3.8, 4) is 0 Å². The van der Waals surface area contributed by atoms with Gasteiger partial charge in [0.15, 0.2) is 0 Å². The van der Waals surface area contributed by atoms with Crippen molar-refractivity contribution in [1.29, 1.82) is 0 Å². The van der Waals surface area contributed by atoms with E-state index in [1.807, 2.05) is 6.07 Å². The fourth-order valence-electron chi connectivity index (χ4n) is 4.35. The standard InChI is InChI=1S/C25H20F7NO/c1-14(16-11-17(24(27,28)29)13-18(12-16)25(30,31)32)34-22-9-8-21-20(3-2-10-33-21)23(22)15-4-6-19(26)7-5-15/h2-7,10-14,22-23H,8-9H2,1H3/t14-,22?,23?/m1/s1. The zero-order valence-electron chi connectivity index (χ0n) is 17.9. The first kappa shape index (κ1) is 24.2. The van der Waals surface area contributed by atoms with Gasteiger partial charge in [-0.05, 0) is 72.9 Å². The summed E-state index contributed by atoms with van der Waals surface area (Å²) in [4.78, 5) is 4.38. The van der Waals surface area contributed by atoms with Crippen LogP contribution in [0.25, 0.3) is 0 Å². The molecule has 0 bridgehead atoms. The number of alkyl halides is 6. The first-order valence-electron chi connectivity index (χ1n) is 10.6. The predicted octanol–water partition coefficient (Wildman–Crippen LogP) is 7.48. The van der Waals surface area contributed by atoms with Crippen LogP contribution in [0.15, 0.2) is 60.8 Å². The number of ether oxygens (including phenoxy) is 1. The second kappa shape index (κ2) is 9.02. The molecule has 0 amide bonds. The molecule has 9 heteroatoms. The van der Waals surface area contributed by atoms with Crippen molar-refractivity contribution >= 4 is 0 Å². The van der Waals surface area contributed by atoms with Crippen LogP contribution in [-0.4, -0.2) is 11.1 Å². The summed E-state index contributed by atoms with van der Waals surface area (Å²) in [5.74, 6) is -0.839. The number of benzene rings is 2. The molecule has 4 rings (SSSR count). The molecule has 0 saturated carbocycles. The molecule has 0 saturated heterocycles. The number of nitrogens with zero attached hydrogens (tertiary/aromatic N) is 1. The fourth-order valence-corrected chi connectivity index (χ4v) is 4.35. The van der Waals surface area contributed by atoms with E-state index in [1.54, 1.807) is 24.4 Å². The Morgan fingerprint density at radius 1 is 0.912 bits per heavy atom. The summed E-state index contributed by atoms with van der Waals surface area (Å²) in [6.07, 6.45) is -8.89. The molecule has 3 atom stereocenters. The van der Waals surface area contributed by atoms with Crippen LogP contribution >= 0.6 is 0 Å². The largest absolute Gasteiger partial charge is 0.416 e. The van der Waals surface area contributed by atoms with Crippen molar-refractivity contribution in [1.82, 2.24) is 4.98 Å². The van der Waals surface area contributed by atoms with E-state index in [1.165, 1.54) is 19.1 Å². The van der Waals surface area contributed by atoms with Crippen molar-refractivity contribution in [3.63, 3.8) is 0 Å². The van der Waals surface area contributed by atoms with Crippen molar-refractivity contribution in [2.24, 2.45) is 0 Å². The molecular weight excluding hydrogens is 463 g/mol. The van der Waals surface area contributed by atoms with Gasteiger partial charge in [-0.2, -0.15) is 26.3 Å². The third-order valence-corrected chi connectivity index (χ3v) is 5.99. The van der Waals surface area contributed by atoms with Gasteiger partial charge in [0.05, 0.1) is 23.3 Å². The summed E-state index contributed by atoms with van der Waals surface area (Å²) in [5, 5.41) is 0. The van der Waals surface area contributed by atoms with Crippen LogP contribution in [-0.2, 0) is 23.5 Å². The first-order chi connectivity index (χ1) is 15.9. The zero-order chi connectivity index (χ0) is 24.7. The van der Waals surface area contributed by atoms with Gasteiger partial charge >= 0.3 is 12.4 Å². The smallest absolute Gasteiger partial charge is 0.370 e. The fraction of sp³-hybridized carbons (Fsp3) is 0.320. The van der Waals surface area contributed by atoms with Gasteiger partial charge in [0.1, 0.15) is 5.82 Å². The number of aryl methyl sites for hydroxylation is 1. The molecule has 1 aliphatic carbocycles. The second-order valence-electron chi connectivity index (χ2n) is 8.26. The number of hydrogen-bond acceptors (Lipinski definition) is 2. The van der Waals surface area contributed by atoms with E-state index in [0.717, 1.165) is 11.3 Å². The summed E-state index contributed by atoms with van der Waals surface area (Å²) in [6, 6.07) is 10.8. The Kier molecular flexibility index (Phi) is 6.42. The van der Waals surface area contributed by atoms with Crippen LogP contribution in [0.1, 0.15) is 58.9 Å². The maximum Gasteiger partial charge on any atom is 0.416 e. The van der Waals surface area contributed by atoms with Gasteiger partial charge in [-0.25, -0.2) is 4.39 Å². The highest BCUT2D eigenvalue weighted by molar-refractivity contribution is 5.39. The van der Waals surface area contributed by atoms with Gasteiger partial charge in [-0.1, -0.05) is 18.2 Å². The van der Waals surface area contributed by atoms with E-state index in [4.69, 9.17) is 4.74 Å². The average Bonchev–Trinajstić information content (AvgIpc) is 2.78. The molecule has 0 aliphatic heterocycles. The van der Waals surface area contributed by atoms with Gasteiger partial charge in [-0.15, -0.1) is 0 Å². The van der Waals surface area contributed by atoms with Crippen molar-refractivity contribution < 1.29 is 35.5 Å². The number of hydrogen-bond donors (Lipinski definition) is 0. The van der Waals surface area contributed by atoms with Gasteiger partial charge in [0.25, 0.3) is 0 Å². The van der Waals surface area contributed by atoms with E-state index in [0.29, 0.717) is 30.5 Å². The third kappa shape index (κ3) is 5.09. The minimum absolute atomic E-state index is 0.0973. The maximum atomic E-state index is 13.5. The van der Waals surface area contributed by atoms with E-state index in [2.05, 4.69) is 4.98 Å². The number of pyridine rings is 1.